The summed E-state index contributed by atoms with van der Waals surface area (Å²) in [6.07, 6.45) is 74.5. The highest BCUT2D eigenvalue weighted by atomic mass is 16.7. The molecule has 0 aliphatic carbocycles. The number of carboxylic acid groups (broad SMARTS) is 1. The average molecular weight is 1180 g/mol. The monoisotopic (exact) mass is 1180 g/mol. The van der Waals surface area contributed by atoms with E-state index in [-0.39, 0.29) is 25.9 Å². The van der Waals surface area contributed by atoms with E-state index in [1.165, 1.54) is 0 Å². The summed E-state index contributed by atoms with van der Waals surface area (Å²) in [5.41, 5.74) is 0. The normalized spacial score (nSPS) is 18.6. The third kappa shape index (κ3) is 48.0. The van der Waals surface area contributed by atoms with Gasteiger partial charge in [0.1, 0.15) is 18.8 Å². The fourth-order valence-corrected chi connectivity index (χ4v) is 8.47. The first-order valence-corrected chi connectivity index (χ1v) is 32.1. The zero-order chi connectivity index (χ0) is 61.7. The lowest BCUT2D eigenvalue weighted by molar-refractivity contribution is -0.301. The molecule has 0 saturated carbocycles. The summed E-state index contributed by atoms with van der Waals surface area (Å²) in [7, 11) is 0. The van der Waals surface area contributed by atoms with Gasteiger partial charge in [-0.25, -0.2) is 4.79 Å². The van der Waals surface area contributed by atoms with Crippen molar-refractivity contribution >= 4 is 23.9 Å². The predicted molar refractivity (Wildman–Crippen MR) is 348 cm³/mol. The van der Waals surface area contributed by atoms with Gasteiger partial charge in [-0.1, -0.05) is 217 Å². The Bertz CT molecular complexity index is 2130. The van der Waals surface area contributed by atoms with Crippen molar-refractivity contribution in [1.29, 1.82) is 0 Å². The first-order valence-electron chi connectivity index (χ1n) is 32.1. The number of rotatable bonds is 52. The number of allylic oxidation sites excluding steroid dienone is 28. The van der Waals surface area contributed by atoms with Crippen LogP contribution in [0, 0.1) is 0 Å². The number of esters is 3. The van der Waals surface area contributed by atoms with E-state index in [2.05, 4.69) is 191 Å². The molecule has 0 aromatic carbocycles. The highest BCUT2D eigenvalue weighted by Crippen LogP contribution is 2.26. The number of carbonyl (C=O) groups is 4. The first-order chi connectivity index (χ1) is 41.6. The fourth-order valence-electron chi connectivity index (χ4n) is 8.47. The van der Waals surface area contributed by atoms with Crippen LogP contribution in [0.2, 0.25) is 0 Å². The van der Waals surface area contributed by atoms with Crippen molar-refractivity contribution in [3.05, 3.63) is 170 Å². The Balaban J connectivity index is 2.75. The maximum atomic E-state index is 13.2. The molecule has 1 aliphatic heterocycles. The zero-order valence-electron chi connectivity index (χ0n) is 52.3. The van der Waals surface area contributed by atoms with Gasteiger partial charge in [-0.15, -0.1) is 0 Å². The van der Waals surface area contributed by atoms with Crippen LogP contribution in [0.1, 0.15) is 213 Å². The maximum Gasteiger partial charge on any atom is 0.335 e. The van der Waals surface area contributed by atoms with Crippen LogP contribution in [0.25, 0.3) is 0 Å². The molecule has 85 heavy (non-hydrogen) atoms. The van der Waals surface area contributed by atoms with Crippen LogP contribution in [-0.2, 0) is 42.9 Å². The van der Waals surface area contributed by atoms with Gasteiger partial charge < -0.3 is 39.0 Å². The Morgan fingerprint density at radius 1 is 0.388 bits per heavy atom. The van der Waals surface area contributed by atoms with Crippen molar-refractivity contribution in [2.24, 2.45) is 0 Å². The third-order valence-electron chi connectivity index (χ3n) is 13.3. The van der Waals surface area contributed by atoms with E-state index >= 15 is 0 Å². The van der Waals surface area contributed by atoms with Crippen molar-refractivity contribution in [3.63, 3.8) is 0 Å². The standard InChI is InChI=1S/C73H110O12/c1-4-7-10-13-16-19-22-25-28-31-33-36-38-41-44-47-50-53-56-59-65(74)81-62-64(83-66(75)60-57-54-51-48-45-42-40-37-34-32-29-26-23-20-17-14-11-8-5-2)63-82-73-71(69(78)68(77)70(85-73)72(79)80)84-67(76)61-58-55-52-49-46-43-39-35-30-27-24-21-18-15-12-9-6-3/h7-12,16-21,25-30,33-34,36-37,39,41-45,64,68-71,73,77-78H,4-6,13-15,22-24,31-32,35,38,40,46-63H2,1-3H3,(H,79,80)/b10-7-,11-8-,12-9-,19-16-,20-17-,21-18-,28-25-,29-26-,30-27-,36-33-,37-34-,43-39-,44-41-,45-42-. The van der Waals surface area contributed by atoms with Gasteiger partial charge in [0.15, 0.2) is 24.6 Å². The lowest BCUT2D eigenvalue weighted by Crippen LogP contribution is -2.61. The number of carbonyl (C=O) groups excluding carboxylic acids is 3. The minimum absolute atomic E-state index is 0.0141. The van der Waals surface area contributed by atoms with Crippen molar-refractivity contribution in [2.45, 2.75) is 250 Å². The van der Waals surface area contributed by atoms with E-state index < -0.39 is 67.3 Å². The van der Waals surface area contributed by atoms with Crippen molar-refractivity contribution in [1.82, 2.24) is 0 Å². The van der Waals surface area contributed by atoms with Crippen LogP contribution in [0.3, 0.4) is 0 Å². The molecule has 0 radical (unpaired) electrons. The Hall–Kier alpha value is -5.92. The molecule has 0 bridgehead atoms. The number of aliphatic carboxylic acids is 1. The number of ether oxygens (including phenoxy) is 5. The molecule has 1 aliphatic rings. The summed E-state index contributed by atoms with van der Waals surface area (Å²) in [5.74, 6) is -3.27. The molecule has 474 valence electrons. The van der Waals surface area contributed by atoms with Gasteiger partial charge >= 0.3 is 23.9 Å². The van der Waals surface area contributed by atoms with Crippen LogP contribution >= 0.6 is 0 Å². The molecular formula is C73H110O12. The quantitative estimate of drug-likeness (QED) is 0.0228. The second-order valence-electron chi connectivity index (χ2n) is 20.9. The molecule has 0 amide bonds. The molecule has 3 N–H and O–H groups in total. The van der Waals surface area contributed by atoms with Gasteiger partial charge in [-0.2, -0.15) is 0 Å². The van der Waals surface area contributed by atoms with Gasteiger partial charge in [-0.05, 0) is 148 Å². The van der Waals surface area contributed by atoms with Crippen LogP contribution < -0.4 is 0 Å². The summed E-state index contributed by atoms with van der Waals surface area (Å²) >= 11 is 0. The number of hydrogen-bond donors (Lipinski definition) is 3. The summed E-state index contributed by atoms with van der Waals surface area (Å²) in [4.78, 5) is 51.4. The summed E-state index contributed by atoms with van der Waals surface area (Å²) in [6, 6.07) is 0. The van der Waals surface area contributed by atoms with Gasteiger partial charge in [0.05, 0.1) is 6.61 Å². The highest BCUT2D eigenvalue weighted by molar-refractivity contribution is 5.74. The summed E-state index contributed by atoms with van der Waals surface area (Å²) < 4.78 is 28.4. The SMILES string of the molecule is CC/C=C\C/C=C\C/C=C\C/C=C\C/C=C\CCCCCC(=O)OCC(COC1OC(C(=O)O)C(O)C(O)C1OC(=O)CCCCCC/C=C\C/C=C\C/C=C\C/C=C\CC)OC(=O)CCCCC/C=C\C/C=C\C/C=C\C/C=C\C/C=C\CC. The van der Waals surface area contributed by atoms with E-state index in [0.717, 1.165) is 154 Å². The Kier molecular flexibility index (Phi) is 53.0. The third-order valence-corrected chi connectivity index (χ3v) is 13.3. The van der Waals surface area contributed by atoms with Crippen LogP contribution in [-0.4, -0.2) is 89.2 Å². The van der Waals surface area contributed by atoms with Crippen molar-refractivity contribution in [3.8, 4) is 0 Å². The van der Waals surface area contributed by atoms with Crippen molar-refractivity contribution < 1.29 is 58.2 Å². The minimum Gasteiger partial charge on any atom is -0.479 e. The number of aliphatic hydroxyl groups is 2. The summed E-state index contributed by atoms with van der Waals surface area (Å²) in [5, 5.41) is 31.6. The summed E-state index contributed by atoms with van der Waals surface area (Å²) in [6.45, 7) is 5.58. The molecule has 12 heteroatoms. The lowest BCUT2D eigenvalue weighted by atomic mass is 9.98. The highest BCUT2D eigenvalue weighted by Gasteiger charge is 2.50. The second kappa shape index (κ2) is 58.5. The predicted octanol–water partition coefficient (Wildman–Crippen LogP) is 17.5. The molecule has 6 unspecified atom stereocenters. The van der Waals surface area contributed by atoms with Gasteiger partial charge in [-0.3, -0.25) is 14.4 Å². The van der Waals surface area contributed by atoms with E-state index in [4.69, 9.17) is 23.7 Å². The molecular weight excluding hydrogens is 1070 g/mol. The van der Waals surface area contributed by atoms with E-state index in [0.29, 0.717) is 19.3 Å². The lowest BCUT2D eigenvalue weighted by Gasteiger charge is -2.40. The van der Waals surface area contributed by atoms with Gasteiger partial charge in [0, 0.05) is 19.3 Å². The average Bonchev–Trinajstić information content (AvgIpc) is 3.46. The number of aliphatic hydroxyl groups excluding tert-OH is 2. The minimum atomic E-state index is -1.93. The number of hydrogen-bond acceptors (Lipinski definition) is 11. The fraction of sp³-hybridized carbons (Fsp3) is 0.562. The second-order valence-corrected chi connectivity index (χ2v) is 20.9. The maximum absolute atomic E-state index is 13.2. The molecule has 0 spiro atoms. The van der Waals surface area contributed by atoms with Crippen LogP contribution in [0.5, 0.6) is 0 Å². The number of unbranched alkanes of at least 4 members (excludes halogenated alkanes) is 10. The Morgan fingerprint density at radius 2 is 0.706 bits per heavy atom. The molecule has 6 atom stereocenters. The Morgan fingerprint density at radius 3 is 1.07 bits per heavy atom. The van der Waals surface area contributed by atoms with E-state index in [1.54, 1.807) is 0 Å². The van der Waals surface area contributed by atoms with E-state index in [9.17, 15) is 34.5 Å². The zero-order valence-corrected chi connectivity index (χ0v) is 52.3. The van der Waals surface area contributed by atoms with Crippen LogP contribution in [0.15, 0.2) is 170 Å². The molecule has 1 saturated heterocycles. The molecule has 0 aromatic heterocycles. The topological polar surface area (TPSA) is 175 Å². The van der Waals surface area contributed by atoms with E-state index in [1.807, 2.05) is 0 Å². The van der Waals surface area contributed by atoms with Crippen LogP contribution in [0.4, 0.5) is 0 Å². The van der Waals surface area contributed by atoms with Gasteiger partial charge in [0.2, 0.25) is 0 Å². The van der Waals surface area contributed by atoms with Crippen molar-refractivity contribution in [2.75, 3.05) is 13.2 Å². The largest absolute Gasteiger partial charge is 0.479 e. The smallest absolute Gasteiger partial charge is 0.335 e. The molecule has 12 nitrogen and oxygen atoms in total. The molecule has 1 fully saturated rings. The first kappa shape index (κ1) is 77.1. The van der Waals surface area contributed by atoms with Gasteiger partial charge in [0.25, 0.3) is 0 Å². The Labute approximate surface area is 513 Å². The molecule has 0 aromatic rings. The molecule has 1 rings (SSSR count). The molecule has 1 heterocycles. The number of carboxylic acids is 1.